The molecule has 0 amide bonds. The highest BCUT2D eigenvalue weighted by atomic mass is 32.1. The number of rotatable bonds is 3. The van der Waals surface area contributed by atoms with Crippen molar-refractivity contribution in [1.29, 1.82) is 0 Å². The minimum absolute atomic E-state index is 0.236. The number of hydrogen-bond acceptors (Lipinski definition) is 4. The van der Waals surface area contributed by atoms with Crippen molar-refractivity contribution in [2.24, 2.45) is 0 Å². The molecule has 0 saturated carbocycles. The van der Waals surface area contributed by atoms with E-state index in [4.69, 9.17) is 0 Å². The summed E-state index contributed by atoms with van der Waals surface area (Å²) in [7, 11) is 1.85. The van der Waals surface area contributed by atoms with Gasteiger partial charge in [-0.15, -0.1) is 10.2 Å². The van der Waals surface area contributed by atoms with Gasteiger partial charge in [-0.25, -0.2) is 4.39 Å². The molecule has 0 atom stereocenters. The summed E-state index contributed by atoms with van der Waals surface area (Å²) in [6, 6.07) is 4.89. The van der Waals surface area contributed by atoms with Crippen LogP contribution >= 0.6 is 11.3 Å². The molecule has 0 spiro atoms. The Morgan fingerprint density at radius 1 is 1.31 bits per heavy atom. The number of hydrogen-bond donors (Lipinski definition) is 1. The van der Waals surface area contributed by atoms with Gasteiger partial charge in [0.2, 0.25) is 0 Å². The van der Waals surface area contributed by atoms with Crippen molar-refractivity contribution in [1.82, 2.24) is 15.5 Å². The number of nitrogens with one attached hydrogen (secondary N) is 1. The van der Waals surface area contributed by atoms with Gasteiger partial charge in [-0.1, -0.05) is 11.3 Å². The highest BCUT2D eigenvalue weighted by Crippen LogP contribution is 2.25. The smallest absolute Gasteiger partial charge is 0.147 e. The fourth-order valence-corrected chi connectivity index (χ4v) is 2.29. The molecule has 1 heterocycles. The minimum Gasteiger partial charge on any atom is -0.313 e. The Balaban J connectivity index is 2.34. The van der Waals surface area contributed by atoms with Gasteiger partial charge in [-0.3, -0.25) is 0 Å². The first-order valence-electron chi connectivity index (χ1n) is 4.93. The monoisotopic (exact) mass is 237 g/mol. The number of nitrogens with zero attached hydrogens (tertiary/aromatic N) is 2. The van der Waals surface area contributed by atoms with E-state index in [0.29, 0.717) is 6.54 Å². The maximum Gasteiger partial charge on any atom is 0.147 e. The van der Waals surface area contributed by atoms with E-state index in [9.17, 15) is 4.39 Å². The first-order valence-corrected chi connectivity index (χ1v) is 5.75. The van der Waals surface area contributed by atoms with Crippen molar-refractivity contribution in [2.45, 2.75) is 13.5 Å². The fourth-order valence-electron chi connectivity index (χ4n) is 1.45. The van der Waals surface area contributed by atoms with Crippen molar-refractivity contribution in [3.63, 3.8) is 0 Å². The molecule has 84 valence electrons. The molecule has 1 N–H and O–H groups in total. The molecule has 0 aliphatic heterocycles. The van der Waals surface area contributed by atoms with E-state index >= 15 is 0 Å². The summed E-state index contributed by atoms with van der Waals surface area (Å²) in [5.41, 5.74) is 1.68. The molecule has 0 unspecified atom stereocenters. The Labute approximate surface area is 97.3 Å². The first-order chi connectivity index (χ1) is 7.69. The van der Waals surface area contributed by atoms with Crippen LogP contribution in [-0.2, 0) is 6.54 Å². The average molecular weight is 237 g/mol. The zero-order chi connectivity index (χ0) is 11.5. The zero-order valence-electron chi connectivity index (χ0n) is 9.12. The molecule has 0 bridgehead atoms. The van der Waals surface area contributed by atoms with Gasteiger partial charge < -0.3 is 5.32 Å². The van der Waals surface area contributed by atoms with E-state index in [0.717, 1.165) is 21.1 Å². The third kappa shape index (κ3) is 2.43. The highest BCUT2D eigenvalue weighted by molar-refractivity contribution is 7.14. The molecular formula is C11H12FN3S. The van der Waals surface area contributed by atoms with Crippen molar-refractivity contribution in [3.05, 3.63) is 34.6 Å². The van der Waals surface area contributed by atoms with E-state index in [2.05, 4.69) is 15.5 Å². The highest BCUT2D eigenvalue weighted by Gasteiger charge is 2.07. The molecule has 5 heteroatoms. The molecule has 0 aliphatic carbocycles. The Bertz CT molecular complexity index is 475. The topological polar surface area (TPSA) is 37.8 Å². The predicted octanol–water partition coefficient (Wildman–Crippen LogP) is 2.37. The van der Waals surface area contributed by atoms with E-state index in [1.807, 2.05) is 20.0 Å². The lowest BCUT2D eigenvalue weighted by atomic mass is 10.1. The summed E-state index contributed by atoms with van der Waals surface area (Å²) < 4.78 is 13.2. The maximum absolute atomic E-state index is 13.2. The van der Waals surface area contributed by atoms with Gasteiger partial charge in [0.25, 0.3) is 0 Å². The second-order valence-corrected chi connectivity index (χ2v) is 4.61. The summed E-state index contributed by atoms with van der Waals surface area (Å²) in [6.45, 7) is 2.55. The van der Waals surface area contributed by atoms with E-state index in [1.54, 1.807) is 0 Å². The molecular weight excluding hydrogens is 225 g/mol. The van der Waals surface area contributed by atoms with Gasteiger partial charge in [0, 0.05) is 12.1 Å². The van der Waals surface area contributed by atoms with Crippen molar-refractivity contribution < 1.29 is 4.39 Å². The summed E-state index contributed by atoms with van der Waals surface area (Å²) >= 11 is 1.48. The molecule has 0 aliphatic rings. The third-order valence-electron chi connectivity index (χ3n) is 2.08. The lowest BCUT2D eigenvalue weighted by Gasteiger charge is -1.98. The molecule has 16 heavy (non-hydrogen) atoms. The summed E-state index contributed by atoms with van der Waals surface area (Å²) in [5.74, 6) is -0.236. The Kier molecular flexibility index (Phi) is 3.26. The van der Waals surface area contributed by atoms with Crippen LogP contribution < -0.4 is 5.32 Å². The third-order valence-corrected chi connectivity index (χ3v) is 3.06. The van der Waals surface area contributed by atoms with Gasteiger partial charge in [0.1, 0.15) is 15.8 Å². The Morgan fingerprint density at radius 2 is 2.12 bits per heavy atom. The van der Waals surface area contributed by atoms with Crippen molar-refractivity contribution in [2.75, 3.05) is 7.05 Å². The SMILES string of the molecule is CNCc1nnc(-c2cc(C)cc(F)c2)s1. The second kappa shape index (κ2) is 4.67. The van der Waals surface area contributed by atoms with Crippen LogP contribution in [0.25, 0.3) is 10.6 Å². The predicted molar refractivity (Wildman–Crippen MR) is 62.8 cm³/mol. The summed E-state index contributed by atoms with van der Waals surface area (Å²) in [4.78, 5) is 0. The van der Waals surface area contributed by atoms with Gasteiger partial charge in [-0.05, 0) is 37.7 Å². The lowest BCUT2D eigenvalue weighted by Crippen LogP contribution is -2.04. The van der Waals surface area contributed by atoms with Crippen LogP contribution in [0.2, 0.25) is 0 Å². The minimum atomic E-state index is -0.236. The van der Waals surface area contributed by atoms with Crippen molar-refractivity contribution >= 4 is 11.3 Å². The van der Waals surface area contributed by atoms with E-state index < -0.39 is 0 Å². The van der Waals surface area contributed by atoms with Crippen LogP contribution in [0.15, 0.2) is 18.2 Å². The summed E-state index contributed by atoms with van der Waals surface area (Å²) in [5, 5.41) is 12.7. The van der Waals surface area contributed by atoms with Gasteiger partial charge >= 0.3 is 0 Å². The van der Waals surface area contributed by atoms with Crippen LogP contribution in [0.4, 0.5) is 4.39 Å². The molecule has 0 saturated heterocycles. The molecule has 0 fully saturated rings. The molecule has 2 aromatic rings. The molecule has 0 radical (unpaired) electrons. The van der Waals surface area contributed by atoms with Gasteiger partial charge in [0.05, 0.1) is 0 Å². The molecule has 3 nitrogen and oxygen atoms in total. The summed E-state index contributed by atoms with van der Waals surface area (Å²) in [6.07, 6.45) is 0. The fraction of sp³-hybridized carbons (Fsp3) is 0.273. The normalized spacial score (nSPS) is 10.7. The zero-order valence-corrected chi connectivity index (χ0v) is 9.94. The van der Waals surface area contributed by atoms with Crippen LogP contribution in [-0.4, -0.2) is 17.2 Å². The van der Waals surface area contributed by atoms with Crippen LogP contribution in [0, 0.1) is 12.7 Å². The number of aryl methyl sites for hydroxylation is 1. The molecule has 1 aromatic heterocycles. The number of benzene rings is 1. The van der Waals surface area contributed by atoms with Gasteiger partial charge in [-0.2, -0.15) is 0 Å². The Hall–Kier alpha value is -1.33. The lowest BCUT2D eigenvalue weighted by molar-refractivity contribution is 0.627. The van der Waals surface area contributed by atoms with Crippen LogP contribution in [0.1, 0.15) is 10.6 Å². The van der Waals surface area contributed by atoms with E-state index in [1.165, 1.54) is 23.5 Å². The molecule has 2 rings (SSSR count). The number of halogens is 1. The average Bonchev–Trinajstić information content (AvgIpc) is 2.65. The molecule has 1 aromatic carbocycles. The first kappa shape index (κ1) is 11.2. The Morgan fingerprint density at radius 3 is 2.81 bits per heavy atom. The second-order valence-electron chi connectivity index (χ2n) is 3.55. The van der Waals surface area contributed by atoms with Crippen LogP contribution in [0.3, 0.4) is 0 Å². The van der Waals surface area contributed by atoms with Crippen molar-refractivity contribution in [3.8, 4) is 10.6 Å². The van der Waals surface area contributed by atoms with Crippen LogP contribution in [0.5, 0.6) is 0 Å². The standard InChI is InChI=1S/C11H12FN3S/c1-7-3-8(5-9(12)4-7)11-15-14-10(16-11)6-13-2/h3-5,13H,6H2,1-2H3. The number of aromatic nitrogens is 2. The maximum atomic E-state index is 13.2. The van der Waals surface area contributed by atoms with Gasteiger partial charge in [0.15, 0.2) is 0 Å². The van der Waals surface area contributed by atoms with E-state index in [-0.39, 0.29) is 5.82 Å². The largest absolute Gasteiger partial charge is 0.313 e. The quantitative estimate of drug-likeness (QED) is 0.890.